The number of imidazole rings is 1. The first-order valence-electron chi connectivity index (χ1n) is 8.72. The van der Waals surface area contributed by atoms with E-state index in [2.05, 4.69) is 42.4 Å². The molecule has 1 aliphatic rings. The summed E-state index contributed by atoms with van der Waals surface area (Å²) in [4.78, 5) is 22.2. The number of fused-ring (bicyclic) bond motifs is 3. The predicted molar refractivity (Wildman–Crippen MR) is 96.5 cm³/mol. The van der Waals surface area contributed by atoms with Gasteiger partial charge in [-0.3, -0.25) is 9.20 Å². The molecule has 3 aromatic heterocycles. The van der Waals surface area contributed by atoms with Crippen molar-refractivity contribution in [1.29, 1.82) is 0 Å². The fourth-order valence-electron chi connectivity index (χ4n) is 3.24. The Morgan fingerprint density at radius 2 is 2.20 bits per heavy atom. The molecule has 0 saturated carbocycles. The Labute approximate surface area is 146 Å². The van der Waals surface area contributed by atoms with Gasteiger partial charge >= 0.3 is 5.97 Å². The number of hydrogen-bond donors (Lipinski definition) is 2. The average molecular weight is 343 g/mol. The number of piperidine rings is 1. The zero-order valence-electron chi connectivity index (χ0n) is 15.0. The third-order valence-corrected chi connectivity index (χ3v) is 4.76. The van der Waals surface area contributed by atoms with Crippen LogP contribution in [-0.2, 0) is 9.53 Å². The van der Waals surface area contributed by atoms with Gasteiger partial charge in [-0.1, -0.05) is 13.8 Å². The summed E-state index contributed by atoms with van der Waals surface area (Å²) in [5, 5.41) is 3.48. The first-order valence-corrected chi connectivity index (χ1v) is 8.72. The van der Waals surface area contributed by atoms with E-state index >= 15 is 0 Å². The number of carbonyl (C=O) groups is 1. The van der Waals surface area contributed by atoms with Gasteiger partial charge in [-0.25, -0.2) is 9.97 Å². The fraction of sp³-hybridized carbons (Fsp3) is 0.500. The Bertz CT molecular complexity index is 848. The number of carbonyl (C=O) groups excluding carboxylic acids is 1. The van der Waals surface area contributed by atoms with Crippen molar-refractivity contribution in [2.24, 2.45) is 5.92 Å². The summed E-state index contributed by atoms with van der Waals surface area (Å²) in [5.74, 6) is 2.13. The maximum atomic E-state index is 9.96. The van der Waals surface area contributed by atoms with E-state index in [1.165, 1.54) is 13.5 Å². The van der Waals surface area contributed by atoms with E-state index < -0.39 is 0 Å². The summed E-state index contributed by atoms with van der Waals surface area (Å²) < 4.78 is 6.50. The molecule has 2 N–H and O–H groups in total. The lowest BCUT2D eigenvalue weighted by atomic mass is 9.87. The van der Waals surface area contributed by atoms with Gasteiger partial charge in [0.15, 0.2) is 5.65 Å². The Morgan fingerprint density at radius 3 is 2.88 bits per heavy atom. The van der Waals surface area contributed by atoms with Gasteiger partial charge in [-0.2, -0.15) is 0 Å². The Hall–Kier alpha value is -2.41. The molecule has 4 heterocycles. The summed E-state index contributed by atoms with van der Waals surface area (Å²) >= 11 is 0. The summed E-state index contributed by atoms with van der Waals surface area (Å²) in [5.41, 5.74) is 3.10. The molecule has 2 atom stereocenters. The van der Waals surface area contributed by atoms with Crippen LogP contribution in [0, 0.1) is 5.92 Å². The second-order valence-electron chi connectivity index (χ2n) is 6.35. The lowest BCUT2D eigenvalue weighted by molar-refractivity contribution is -0.140. The number of aromatic nitrogens is 4. The Morgan fingerprint density at radius 1 is 1.40 bits per heavy atom. The largest absolute Gasteiger partial charge is 0.469 e. The molecule has 0 bridgehead atoms. The van der Waals surface area contributed by atoms with E-state index in [1.54, 1.807) is 6.92 Å². The molecule has 7 nitrogen and oxygen atoms in total. The molecule has 0 radical (unpaired) electrons. The zero-order valence-corrected chi connectivity index (χ0v) is 15.0. The number of rotatable bonds is 2. The van der Waals surface area contributed by atoms with E-state index in [-0.39, 0.29) is 5.97 Å². The first kappa shape index (κ1) is 17.4. The summed E-state index contributed by atoms with van der Waals surface area (Å²) in [6, 6.07) is 2.07. The minimum Gasteiger partial charge on any atom is -0.469 e. The lowest BCUT2D eigenvalue weighted by Gasteiger charge is -2.28. The molecular formula is C18H25N5O2. The molecule has 7 heteroatoms. The monoisotopic (exact) mass is 343 g/mol. The number of H-pyrrole nitrogens is 1. The minimum atomic E-state index is -0.157. The van der Waals surface area contributed by atoms with Gasteiger partial charge in [0.1, 0.15) is 5.82 Å². The minimum absolute atomic E-state index is 0.157. The van der Waals surface area contributed by atoms with Crippen molar-refractivity contribution in [1.82, 2.24) is 24.7 Å². The quantitative estimate of drug-likeness (QED) is 0.699. The first-order chi connectivity index (χ1) is 12.2. The number of ether oxygens (including phenoxy) is 1. The molecule has 1 fully saturated rings. The molecule has 0 aromatic carbocycles. The molecule has 0 spiro atoms. The van der Waals surface area contributed by atoms with Crippen LogP contribution in [0.4, 0.5) is 0 Å². The number of nitrogens with one attached hydrogen (secondary N) is 2. The SMILES string of the molecule is CCC(=O)OC.C[C@@H]1CCNC[C@@H]1c1ncc2cnc3[nH]ccc3n12. The molecule has 4 rings (SSSR count). The standard InChI is InChI=1S/C14H17N5.C4H8O2/c1-9-2-4-15-8-11(9)14-18-7-10-6-17-13-12(19(10)14)3-5-16-13;1-3-4(5)6-2/h3,5-7,9,11,15-16H,2,4,8H2,1H3;3H2,1-2H3/t9-,11+;/m1./s1. The molecule has 3 aromatic rings. The van der Waals surface area contributed by atoms with Crippen LogP contribution >= 0.6 is 0 Å². The highest BCUT2D eigenvalue weighted by Crippen LogP contribution is 2.29. The maximum Gasteiger partial charge on any atom is 0.305 e. The predicted octanol–water partition coefficient (Wildman–Crippen LogP) is 2.49. The van der Waals surface area contributed by atoms with Crippen molar-refractivity contribution in [3.8, 4) is 0 Å². The maximum absolute atomic E-state index is 9.96. The van der Waals surface area contributed by atoms with Crippen LogP contribution in [0.1, 0.15) is 38.4 Å². The summed E-state index contributed by atoms with van der Waals surface area (Å²) in [7, 11) is 1.38. The van der Waals surface area contributed by atoms with Crippen LogP contribution in [0.25, 0.3) is 16.7 Å². The Balaban J connectivity index is 0.000000265. The average Bonchev–Trinajstić information content (AvgIpc) is 3.28. The Kier molecular flexibility index (Phi) is 5.33. The van der Waals surface area contributed by atoms with E-state index in [9.17, 15) is 4.79 Å². The van der Waals surface area contributed by atoms with Gasteiger partial charge in [-0.15, -0.1) is 0 Å². The van der Waals surface area contributed by atoms with Gasteiger partial charge < -0.3 is 15.0 Å². The van der Waals surface area contributed by atoms with Gasteiger partial charge in [0.25, 0.3) is 0 Å². The van der Waals surface area contributed by atoms with Crippen LogP contribution in [0.3, 0.4) is 0 Å². The van der Waals surface area contributed by atoms with Crippen LogP contribution in [0.15, 0.2) is 24.7 Å². The number of hydrogen-bond acceptors (Lipinski definition) is 5. The highest BCUT2D eigenvalue weighted by Gasteiger charge is 2.26. The molecule has 134 valence electrons. The number of aromatic amines is 1. The normalized spacial score (nSPS) is 20.3. The van der Waals surface area contributed by atoms with Crippen molar-refractivity contribution >= 4 is 22.6 Å². The highest BCUT2D eigenvalue weighted by atomic mass is 16.5. The van der Waals surface area contributed by atoms with Gasteiger partial charge in [0.2, 0.25) is 0 Å². The van der Waals surface area contributed by atoms with Crippen LogP contribution < -0.4 is 5.32 Å². The molecule has 25 heavy (non-hydrogen) atoms. The topological polar surface area (TPSA) is 84.3 Å². The summed E-state index contributed by atoms with van der Waals surface area (Å²) in [6.07, 6.45) is 7.42. The van der Waals surface area contributed by atoms with Crippen molar-refractivity contribution in [2.45, 2.75) is 32.6 Å². The van der Waals surface area contributed by atoms with Crippen molar-refractivity contribution in [3.63, 3.8) is 0 Å². The molecule has 1 saturated heterocycles. The third kappa shape index (κ3) is 3.51. The number of nitrogens with zero attached hydrogens (tertiary/aromatic N) is 3. The summed E-state index contributed by atoms with van der Waals surface area (Å²) in [6.45, 7) is 6.20. The molecule has 0 amide bonds. The van der Waals surface area contributed by atoms with Crippen LogP contribution in [0.5, 0.6) is 0 Å². The van der Waals surface area contributed by atoms with Crippen molar-refractivity contribution in [2.75, 3.05) is 20.2 Å². The lowest BCUT2D eigenvalue weighted by Crippen LogP contribution is -2.34. The van der Waals surface area contributed by atoms with Gasteiger partial charge in [0, 0.05) is 25.1 Å². The van der Waals surface area contributed by atoms with E-state index in [0.29, 0.717) is 18.3 Å². The second kappa shape index (κ2) is 7.65. The van der Waals surface area contributed by atoms with Crippen molar-refractivity contribution < 1.29 is 9.53 Å². The van der Waals surface area contributed by atoms with E-state index in [0.717, 1.165) is 35.6 Å². The zero-order chi connectivity index (χ0) is 17.8. The molecule has 1 aliphatic heterocycles. The number of esters is 1. The second-order valence-corrected chi connectivity index (χ2v) is 6.35. The fourth-order valence-corrected chi connectivity index (χ4v) is 3.24. The highest BCUT2D eigenvalue weighted by molar-refractivity contribution is 5.75. The third-order valence-electron chi connectivity index (χ3n) is 4.76. The van der Waals surface area contributed by atoms with Gasteiger partial charge in [-0.05, 0) is 24.9 Å². The molecule has 0 unspecified atom stereocenters. The van der Waals surface area contributed by atoms with Crippen molar-refractivity contribution in [3.05, 3.63) is 30.5 Å². The molecule has 0 aliphatic carbocycles. The van der Waals surface area contributed by atoms with Crippen LogP contribution in [-0.4, -0.2) is 45.5 Å². The molecular weight excluding hydrogens is 318 g/mol. The smallest absolute Gasteiger partial charge is 0.305 e. The van der Waals surface area contributed by atoms with Crippen LogP contribution in [0.2, 0.25) is 0 Å². The van der Waals surface area contributed by atoms with E-state index in [4.69, 9.17) is 0 Å². The van der Waals surface area contributed by atoms with E-state index in [1.807, 2.05) is 18.6 Å². The van der Waals surface area contributed by atoms with Gasteiger partial charge in [0.05, 0.1) is 30.5 Å². The number of methoxy groups -OCH3 is 1.